The van der Waals surface area contributed by atoms with Crippen molar-refractivity contribution >= 4 is 17.7 Å². The minimum Gasteiger partial charge on any atom is -0.348 e. The molecule has 0 saturated heterocycles. The van der Waals surface area contributed by atoms with Crippen LogP contribution in [0.15, 0.2) is 23.8 Å². The number of hydrogen-bond acceptors (Lipinski definition) is 4. The van der Waals surface area contributed by atoms with Gasteiger partial charge in [-0.15, -0.1) is 0 Å². The summed E-state index contributed by atoms with van der Waals surface area (Å²) in [6.45, 7) is 5.88. The third-order valence-corrected chi connectivity index (χ3v) is 4.98. The largest absolute Gasteiger partial charge is 0.348 e. The second-order valence-electron chi connectivity index (χ2n) is 7.24. The summed E-state index contributed by atoms with van der Waals surface area (Å²) in [6.07, 6.45) is 5.64. The number of nitrogens with one attached hydrogen (secondary N) is 1. The number of amides is 1. The van der Waals surface area contributed by atoms with Crippen molar-refractivity contribution in [3.05, 3.63) is 45.0 Å². The van der Waals surface area contributed by atoms with E-state index in [0.717, 1.165) is 19.3 Å². The van der Waals surface area contributed by atoms with Crippen molar-refractivity contribution in [2.24, 2.45) is 5.92 Å². The van der Waals surface area contributed by atoms with Gasteiger partial charge in [-0.05, 0) is 36.3 Å². The number of nitriles is 1. The summed E-state index contributed by atoms with van der Waals surface area (Å²) in [4.78, 5) is 23.3. The summed E-state index contributed by atoms with van der Waals surface area (Å²) in [5.74, 6) is -0.0131. The van der Waals surface area contributed by atoms with Crippen molar-refractivity contribution in [3.63, 3.8) is 0 Å². The van der Waals surface area contributed by atoms with Gasteiger partial charge in [0.2, 0.25) is 0 Å². The molecule has 1 amide bonds. The summed E-state index contributed by atoms with van der Waals surface area (Å²) in [5, 5.41) is 23.6. The van der Waals surface area contributed by atoms with E-state index in [2.05, 4.69) is 12.2 Å². The van der Waals surface area contributed by atoms with Crippen LogP contribution in [0.2, 0.25) is 0 Å². The molecular weight excluding hydrogens is 330 g/mol. The minimum atomic E-state index is -0.428. The van der Waals surface area contributed by atoms with Gasteiger partial charge in [0, 0.05) is 17.7 Å². The van der Waals surface area contributed by atoms with Gasteiger partial charge in [0.25, 0.3) is 11.6 Å². The van der Waals surface area contributed by atoms with E-state index in [1.54, 1.807) is 12.1 Å². The lowest BCUT2D eigenvalue weighted by Crippen LogP contribution is -2.41. The van der Waals surface area contributed by atoms with Gasteiger partial charge >= 0.3 is 0 Å². The molecule has 2 unspecified atom stereocenters. The predicted octanol–water partition coefficient (Wildman–Crippen LogP) is 4.32. The van der Waals surface area contributed by atoms with Gasteiger partial charge in [0.05, 0.1) is 4.92 Å². The number of nitro groups is 1. The molecular formula is C20H25N3O3. The van der Waals surface area contributed by atoms with Gasteiger partial charge in [-0.3, -0.25) is 14.9 Å². The van der Waals surface area contributed by atoms with E-state index in [0.29, 0.717) is 17.0 Å². The Balaban J connectivity index is 2.25. The number of rotatable bonds is 5. The quantitative estimate of drug-likeness (QED) is 0.368. The fourth-order valence-corrected chi connectivity index (χ4v) is 3.39. The van der Waals surface area contributed by atoms with Crippen molar-refractivity contribution < 1.29 is 9.72 Å². The average Bonchev–Trinajstić information content (AvgIpc) is 2.61. The fraction of sp³-hybridized carbons (Fsp3) is 0.500. The molecule has 1 aromatic rings. The van der Waals surface area contributed by atoms with Crippen LogP contribution < -0.4 is 5.32 Å². The first kappa shape index (κ1) is 19.6. The molecule has 0 aromatic heterocycles. The van der Waals surface area contributed by atoms with Crippen LogP contribution in [0.5, 0.6) is 0 Å². The summed E-state index contributed by atoms with van der Waals surface area (Å²) in [7, 11) is 0. The zero-order chi connectivity index (χ0) is 19.3. The van der Waals surface area contributed by atoms with Gasteiger partial charge in [0.15, 0.2) is 0 Å². The molecule has 1 fully saturated rings. The molecule has 1 N–H and O–H groups in total. The smallest absolute Gasteiger partial charge is 0.273 e. The zero-order valence-electron chi connectivity index (χ0n) is 15.5. The van der Waals surface area contributed by atoms with E-state index in [-0.39, 0.29) is 23.2 Å². The lowest BCUT2D eigenvalue weighted by molar-refractivity contribution is -0.385. The van der Waals surface area contributed by atoms with Crippen LogP contribution >= 0.6 is 0 Å². The SMILES string of the molecule is CC(C)c1ccc(/C=C(\C#N)C(=O)NC2CCCCC2C)cc1[N+](=O)[O-]. The van der Waals surface area contributed by atoms with Crippen LogP contribution in [0.25, 0.3) is 6.08 Å². The number of carbonyl (C=O) groups excluding carboxylic acids is 1. The van der Waals surface area contributed by atoms with Crippen LogP contribution in [0, 0.1) is 27.4 Å². The number of hydrogen-bond donors (Lipinski definition) is 1. The fourth-order valence-electron chi connectivity index (χ4n) is 3.39. The Morgan fingerprint density at radius 3 is 2.65 bits per heavy atom. The van der Waals surface area contributed by atoms with E-state index in [1.165, 1.54) is 18.6 Å². The van der Waals surface area contributed by atoms with Gasteiger partial charge < -0.3 is 5.32 Å². The Labute approximate surface area is 154 Å². The van der Waals surface area contributed by atoms with E-state index < -0.39 is 10.8 Å². The van der Waals surface area contributed by atoms with Crippen LogP contribution in [-0.4, -0.2) is 16.9 Å². The number of benzene rings is 1. The van der Waals surface area contributed by atoms with Gasteiger partial charge in [-0.1, -0.05) is 45.7 Å². The molecule has 6 nitrogen and oxygen atoms in total. The summed E-state index contributed by atoms with van der Waals surface area (Å²) in [6, 6.07) is 6.80. The van der Waals surface area contributed by atoms with E-state index in [1.807, 2.05) is 19.9 Å². The second-order valence-corrected chi connectivity index (χ2v) is 7.24. The molecule has 0 bridgehead atoms. The van der Waals surface area contributed by atoms with E-state index in [4.69, 9.17) is 0 Å². The first-order valence-corrected chi connectivity index (χ1v) is 9.04. The normalized spacial score (nSPS) is 20.5. The highest BCUT2D eigenvalue weighted by molar-refractivity contribution is 6.01. The molecule has 0 radical (unpaired) electrons. The van der Waals surface area contributed by atoms with Crippen molar-refractivity contribution in [3.8, 4) is 6.07 Å². The standard InChI is InChI=1S/C20H25N3O3/c1-13(2)17-9-8-15(11-19(17)23(25)26)10-16(12-21)20(24)22-18-7-5-4-6-14(18)3/h8-11,13-14,18H,4-7H2,1-3H3,(H,22,24)/b16-10+. The third-order valence-electron chi connectivity index (χ3n) is 4.98. The maximum Gasteiger partial charge on any atom is 0.273 e. The molecule has 0 spiro atoms. The van der Waals surface area contributed by atoms with Crippen molar-refractivity contribution in [1.82, 2.24) is 5.32 Å². The molecule has 1 saturated carbocycles. The molecule has 6 heteroatoms. The van der Waals surface area contributed by atoms with Crippen LogP contribution in [0.3, 0.4) is 0 Å². The van der Waals surface area contributed by atoms with Crippen LogP contribution in [0.4, 0.5) is 5.69 Å². The maximum atomic E-state index is 12.5. The molecule has 0 aliphatic heterocycles. The number of carbonyl (C=O) groups is 1. The van der Waals surface area contributed by atoms with Crippen LogP contribution in [-0.2, 0) is 4.79 Å². The lowest BCUT2D eigenvalue weighted by Gasteiger charge is -2.29. The summed E-state index contributed by atoms with van der Waals surface area (Å²) >= 11 is 0. The molecule has 138 valence electrons. The highest BCUT2D eigenvalue weighted by Gasteiger charge is 2.24. The molecule has 1 aliphatic carbocycles. The predicted molar refractivity (Wildman–Crippen MR) is 100 cm³/mol. The monoisotopic (exact) mass is 355 g/mol. The van der Waals surface area contributed by atoms with Crippen molar-refractivity contribution in [2.75, 3.05) is 0 Å². The van der Waals surface area contributed by atoms with Gasteiger partial charge in [0.1, 0.15) is 11.6 Å². The maximum absolute atomic E-state index is 12.5. The number of nitrogens with zero attached hydrogens (tertiary/aromatic N) is 2. The first-order valence-electron chi connectivity index (χ1n) is 9.04. The molecule has 1 aromatic carbocycles. The van der Waals surface area contributed by atoms with Crippen molar-refractivity contribution in [1.29, 1.82) is 5.26 Å². The second kappa shape index (κ2) is 8.61. The average molecular weight is 355 g/mol. The Kier molecular flexibility index (Phi) is 6.51. The van der Waals surface area contributed by atoms with Crippen LogP contribution in [0.1, 0.15) is 63.5 Å². The lowest BCUT2D eigenvalue weighted by atomic mass is 9.86. The molecule has 2 atom stereocenters. The van der Waals surface area contributed by atoms with Crippen molar-refractivity contribution in [2.45, 2.75) is 58.4 Å². The van der Waals surface area contributed by atoms with E-state index >= 15 is 0 Å². The Morgan fingerprint density at radius 2 is 2.08 bits per heavy atom. The Bertz CT molecular complexity index is 762. The first-order chi connectivity index (χ1) is 12.3. The minimum absolute atomic E-state index is 0.00681. The van der Waals surface area contributed by atoms with Gasteiger partial charge in [-0.25, -0.2) is 0 Å². The summed E-state index contributed by atoms with van der Waals surface area (Å²) in [5.41, 5.74) is 1.08. The highest BCUT2D eigenvalue weighted by Crippen LogP contribution is 2.28. The molecule has 2 rings (SSSR count). The molecule has 0 heterocycles. The Hall–Kier alpha value is -2.68. The number of nitro benzene ring substituents is 1. The highest BCUT2D eigenvalue weighted by atomic mass is 16.6. The molecule has 26 heavy (non-hydrogen) atoms. The van der Waals surface area contributed by atoms with Gasteiger partial charge in [-0.2, -0.15) is 5.26 Å². The molecule has 1 aliphatic rings. The third kappa shape index (κ3) is 4.69. The zero-order valence-corrected chi connectivity index (χ0v) is 15.5. The Morgan fingerprint density at radius 1 is 1.38 bits per heavy atom. The topological polar surface area (TPSA) is 96.0 Å². The van der Waals surface area contributed by atoms with E-state index in [9.17, 15) is 20.2 Å². The summed E-state index contributed by atoms with van der Waals surface area (Å²) < 4.78 is 0.